The minimum absolute atomic E-state index is 0.0192. The van der Waals surface area contributed by atoms with Gasteiger partial charge in [0.25, 0.3) is 0 Å². The molecule has 2 unspecified atom stereocenters. The third-order valence-electron chi connectivity index (χ3n) is 4.48. The lowest BCUT2D eigenvalue weighted by Gasteiger charge is -2.34. The largest absolute Gasteiger partial charge is 0.352 e. The Balaban J connectivity index is 2.23. The fourth-order valence-electron chi connectivity index (χ4n) is 2.67. The standard InChI is InChI=1S/C17H26N2O3S/c1-13(2)14(3)18-17(20)16-11-7-8-12-19(16)23(21,22)15-9-5-4-6-10-15/h4-6,9-10,13-14,16H,7-8,11-12H2,1-3H3,(H,18,20). The van der Waals surface area contributed by atoms with Crippen LogP contribution >= 0.6 is 0 Å². The van der Waals surface area contributed by atoms with Crippen LogP contribution in [-0.2, 0) is 14.8 Å². The summed E-state index contributed by atoms with van der Waals surface area (Å²) in [6.45, 7) is 6.40. The number of benzene rings is 1. The van der Waals surface area contributed by atoms with Crippen molar-refractivity contribution in [1.82, 2.24) is 9.62 Å². The van der Waals surface area contributed by atoms with Crippen LogP contribution in [0, 0.1) is 5.92 Å². The van der Waals surface area contributed by atoms with E-state index in [1.165, 1.54) is 4.31 Å². The lowest BCUT2D eigenvalue weighted by atomic mass is 10.0. The summed E-state index contributed by atoms with van der Waals surface area (Å²) in [5.41, 5.74) is 0. The van der Waals surface area contributed by atoms with Gasteiger partial charge in [-0.2, -0.15) is 4.31 Å². The minimum atomic E-state index is -3.64. The van der Waals surface area contributed by atoms with E-state index in [0.717, 1.165) is 12.8 Å². The average molecular weight is 338 g/mol. The van der Waals surface area contributed by atoms with Gasteiger partial charge in [-0.3, -0.25) is 4.79 Å². The van der Waals surface area contributed by atoms with Gasteiger partial charge in [0.2, 0.25) is 15.9 Å². The van der Waals surface area contributed by atoms with Crippen molar-refractivity contribution in [3.05, 3.63) is 30.3 Å². The van der Waals surface area contributed by atoms with E-state index in [-0.39, 0.29) is 16.8 Å². The van der Waals surface area contributed by atoms with E-state index >= 15 is 0 Å². The van der Waals surface area contributed by atoms with E-state index in [4.69, 9.17) is 0 Å². The zero-order chi connectivity index (χ0) is 17.0. The molecule has 23 heavy (non-hydrogen) atoms. The molecule has 0 aliphatic carbocycles. The number of nitrogens with zero attached hydrogens (tertiary/aromatic N) is 1. The molecule has 1 aliphatic heterocycles. The summed E-state index contributed by atoms with van der Waals surface area (Å²) < 4.78 is 27.1. The van der Waals surface area contributed by atoms with Crippen LogP contribution in [0.15, 0.2) is 35.2 Å². The quantitative estimate of drug-likeness (QED) is 0.896. The number of sulfonamides is 1. The molecule has 0 radical (unpaired) electrons. The van der Waals surface area contributed by atoms with Crippen molar-refractivity contribution in [2.75, 3.05) is 6.54 Å². The van der Waals surface area contributed by atoms with Crippen LogP contribution in [-0.4, -0.2) is 37.3 Å². The molecule has 1 saturated heterocycles. The van der Waals surface area contributed by atoms with Crippen molar-refractivity contribution in [3.8, 4) is 0 Å². The number of amides is 1. The summed E-state index contributed by atoms with van der Waals surface area (Å²) in [5.74, 6) is 0.118. The van der Waals surface area contributed by atoms with Crippen LogP contribution < -0.4 is 5.32 Å². The van der Waals surface area contributed by atoms with Crippen LogP contribution in [0.2, 0.25) is 0 Å². The molecular formula is C17H26N2O3S. The summed E-state index contributed by atoms with van der Waals surface area (Å²) in [4.78, 5) is 12.8. The number of carbonyl (C=O) groups is 1. The minimum Gasteiger partial charge on any atom is -0.352 e. The Kier molecular flexibility index (Phi) is 5.81. The number of piperidine rings is 1. The second kappa shape index (κ2) is 7.45. The third kappa shape index (κ3) is 4.12. The lowest BCUT2D eigenvalue weighted by Crippen LogP contribution is -2.53. The first-order valence-electron chi connectivity index (χ1n) is 8.21. The van der Waals surface area contributed by atoms with Gasteiger partial charge in [0, 0.05) is 12.6 Å². The number of nitrogens with one attached hydrogen (secondary N) is 1. The summed E-state index contributed by atoms with van der Waals surface area (Å²) in [6.07, 6.45) is 2.23. The van der Waals surface area contributed by atoms with Crippen molar-refractivity contribution in [2.45, 2.75) is 57.0 Å². The molecule has 128 valence electrons. The van der Waals surface area contributed by atoms with Crippen LogP contribution in [0.1, 0.15) is 40.0 Å². The molecule has 0 aromatic heterocycles. The maximum atomic E-state index is 12.9. The molecule has 1 aliphatic rings. The van der Waals surface area contributed by atoms with Crippen molar-refractivity contribution in [3.63, 3.8) is 0 Å². The van der Waals surface area contributed by atoms with Gasteiger partial charge in [-0.1, -0.05) is 38.5 Å². The molecule has 1 fully saturated rings. The van der Waals surface area contributed by atoms with Crippen molar-refractivity contribution >= 4 is 15.9 Å². The highest BCUT2D eigenvalue weighted by Crippen LogP contribution is 2.25. The molecular weight excluding hydrogens is 312 g/mol. The van der Waals surface area contributed by atoms with E-state index in [1.54, 1.807) is 30.3 Å². The van der Waals surface area contributed by atoms with Gasteiger partial charge in [-0.05, 0) is 37.8 Å². The molecule has 1 N–H and O–H groups in total. The third-order valence-corrected chi connectivity index (χ3v) is 6.40. The molecule has 6 heteroatoms. The SMILES string of the molecule is CC(C)C(C)NC(=O)C1CCCCN1S(=O)(=O)c1ccccc1. The highest BCUT2D eigenvalue weighted by molar-refractivity contribution is 7.89. The van der Waals surface area contributed by atoms with Crippen LogP contribution in [0.5, 0.6) is 0 Å². The Hall–Kier alpha value is -1.40. The van der Waals surface area contributed by atoms with Crippen molar-refractivity contribution < 1.29 is 13.2 Å². The van der Waals surface area contributed by atoms with Crippen LogP contribution in [0.25, 0.3) is 0 Å². The topological polar surface area (TPSA) is 66.5 Å². The van der Waals surface area contributed by atoms with Gasteiger partial charge >= 0.3 is 0 Å². The molecule has 2 atom stereocenters. The molecule has 0 saturated carbocycles. The molecule has 2 rings (SSSR count). The summed E-state index contributed by atoms with van der Waals surface area (Å²) in [5, 5.41) is 2.96. The van der Waals surface area contributed by atoms with E-state index in [1.807, 2.05) is 20.8 Å². The zero-order valence-corrected chi connectivity index (χ0v) is 14.8. The molecule has 1 heterocycles. The monoisotopic (exact) mass is 338 g/mol. The normalized spacial score (nSPS) is 21.1. The fourth-order valence-corrected chi connectivity index (χ4v) is 4.35. The number of hydrogen-bond donors (Lipinski definition) is 1. The first kappa shape index (κ1) is 17.9. The molecule has 1 aromatic carbocycles. The van der Waals surface area contributed by atoms with E-state index in [0.29, 0.717) is 18.9 Å². The van der Waals surface area contributed by atoms with Gasteiger partial charge in [0.05, 0.1) is 4.90 Å². The average Bonchev–Trinajstić information content (AvgIpc) is 2.55. The van der Waals surface area contributed by atoms with E-state index < -0.39 is 16.1 Å². The summed E-state index contributed by atoms with van der Waals surface area (Å²) in [6, 6.07) is 7.75. The Labute approximate surface area is 139 Å². The maximum Gasteiger partial charge on any atom is 0.243 e. The smallest absolute Gasteiger partial charge is 0.243 e. The number of carbonyl (C=O) groups excluding carboxylic acids is 1. The van der Waals surface area contributed by atoms with Crippen LogP contribution in [0.4, 0.5) is 0 Å². The number of hydrogen-bond acceptors (Lipinski definition) is 3. The highest BCUT2D eigenvalue weighted by Gasteiger charge is 2.37. The molecule has 5 nitrogen and oxygen atoms in total. The van der Waals surface area contributed by atoms with Crippen molar-refractivity contribution in [1.29, 1.82) is 0 Å². The van der Waals surface area contributed by atoms with Gasteiger partial charge in [-0.15, -0.1) is 0 Å². The van der Waals surface area contributed by atoms with Gasteiger partial charge < -0.3 is 5.32 Å². The number of rotatable bonds is 5. The Morgan fingerprint density at radius 3 is 2.43 bits per heavy atom. The molecule has 0 spiro atoms. The summed E-state index contributed by atoms with van der Waals surface area (Å²) in [7, 11) is -3.64. The fraction of sp³-hybridized carbons (Fsp3) is 0.588. The zero-order valence-electron chi connectivity index (χ0n) is 14.0. The Morgan fingerprint density at radius 1 is 1.17 bits per heavy atom. The van der Waals surface area contributed by atoms with E-state index in [9.17, 15) is 13.2 Å². The van der Waals surface area contributed by atoms with Crippen molar-refractivity contribution in [2.24, 2.45) is 5.92 Å². The predicted molar refractivity (Wildman–Crippen MR) is 90.4 cm³/mol. The first-order valence-corrected chi connectivity index (χ1v) is 9.65. The first-order chi connectivity index (χ1) is 10.8. The molecule has 0 bridgehead atoms. The highest BCUT2D eigenvalue weighted by atomic mass is 32.2. The second-order valence-corrected chi connectivity index (χ2v) is 8.37. The predicted octanol–water partition coefficient (Wildman–Crippen LogP) is 2.39. The van der Waals surface area contributed by atoms with Gasteiger partial charge in [0.1, 0.15) is 6.04 Å². The lowest BCUT2D eigenvalue weighted by molar-refractivity contribution is -0.126. The maximum absolute atomic E-state index is 12.9. The Morgan fingerprint density at radius 2 is 1.83 bits per heavy atom. The second-order valence-electron chi connectivity index (χ2n) is 6.48. The van der Waals surface area contributed by atoms with Gasteiger partial charge in [0.15, 0.2) is 0 Å². The molecule has 1 aromatic rings. The molecule has 1 amide bonds. The summed E-state index contributed by atoms with van der Waals surface area (Å²) >= 11 is 0. The Bertz CT molecular complexity index is 628. The van der Waals surface area contributed by atoms with Crippen LogP contribution in [0.3, 0.4) is 0 Å². The van der Waals surface area contributed by atoms with Gasteiger partial charge in [-0.25, -0.2) is 8.42 Å². The van der Waals surface area contributed by atoms with E-state index in [2.05, 4.69) is 5.32 Å².